The quantitative estimate of drug-likeness (QED) is 0.0150. The fourth-order valence-corrected chi connectivity index (χ4v) is 7.75. The van der Waals surface area contributed by atoms with Crippen LogP contribution in [0.5, 0.6) is 0 Å². The molecule has 1 amide bonds. The van der Waals surface area contributed by atoms with E-state index in [1.54, 1.807) is 6.08 Å². The maximum absolute atomic E-state index is 13.3. The number of rotatable bonds is 42. The van der Waals surface area contributed by atoms with Gasteiger partial charge >= 0.3 is 5.97 Å². The first kappa shape index (κ1) is 61.1. The number of carbonyl (C=O) groups excluding carboxylic acids is 2. The second-order valence-corrected chi connectivity index (χ2v) is 17.9. The van der Waals surface area contributed by atoms with Gasteiger partial charge in [0.05, 0.1) is 25.4 Å². The lowest BCUT2D eigenvalue weighted by atomic mass is 9.99. The highest BCUT2D eigenvalue weighted by Gasteiger charge is 2.47. The van der Waals surface area contributed by atoms with Crippen LogP contribution in [0.2, 0.25) is 0 Å². The largest absolute Gasteiger partial charge is 0.454 e. The summed E-state index contributed by atoms with van der Waals surface area (Å²) < 4.78 is 17.5. The fourth-order valence-electron chi connectivity index (χ4n) is 7.75. The van der Waals surface area contributed by atoms with Crippen molar-refractivity contribution in [2.75, 3.05) is 13.2 Å². The minimum atomic E-state index is -1.62. The third-order valence-electron chi connectivity index (χ3n) is 11.9. The first-order valence-electron chi connectivity index (χ1n) is 26.2. The number of hydrogen-bond acceptors (Lipinski definition) is 10. The predicted octanol–water partition coefficient (Wildman–Crippen LogP) is 10.9. The first-order chi connectivity index (χ1) is 32.2. The Morgan fingerprint density at radius 2 is 1.17 bits per heavy atom. The zero-order valence-corrected chi connectivity index (χ0v) is 41.5. The van der Waals surface area contributed by atoms with E-state index in [0.717, 1.165) is 109 Å². The molecule has 0 aromatic carbocycles. The molecule has 1 heterocycles. The summed E-state index contributed by atoms with van der Waals surface area (Å²) in [6.07, 6.45) is 42.4. The third kappa shape index (κ3) is 32.0. The summed E-state index contributed by atoms with van der Waals surface area (Å²) in [7, 11) is 0. The van der Waals surface area contributed by atoms with E-state index in [-0.39, 0.29) is 19.4 Å². The Balaban J connectivity index is 2.79. The average molecular weight is 930 g/mol. The van der Waals surface area contributed by atoms with E-state index in [9.17, 15) is 35.1 Å². The van der Waals surface area contributed by atoms with Crippen LogP contribution in [0.1, 0.15) is 201 Å². The maximum Gasteiger partial charge on any atom is 0.306 e. The van der Waals surface area contributed by atoms with E-state index >= 15 is 0 Å². The molecule has 0 bridgehead atoms. The zero-order chi connectivity index (χ0) is 48.3. The standard InChI is InChI=1S/C55H95NO10/c1-4-7-10-13-16-19-22-24-25-28-31-34-37-40-43-50(60)66-53-52(62)51(61)49(44-57)65-55(53)64-45-46(47(58)41-38-35-32-29-26-21-18-15-12-9-6-3)56-54(63)48(59)42-39-36-33-30-27-23-20-17-14-11-8-5-2/h7-8,10-11,14,16-17,19-20,23,38,41,46-49,51-53,55,57-59,61-62H,4-6,9,12-13,15,18,21-22,24-37,39-40,42-45H2,1-3H3,(H,56,63)/b10-7+,11-8+,17-14+,19-16+,23-20-,41-38+. The lowest BCUT2D eigenvalue weighted by Crippen LogP contribution is -2.61. The molecular formula is C55H95NO10. The topological polar surface area (TPSA) is 175 Å². The van der Waals surface area contributed by atoms with Gasteiger partial charge in [0.15, 0.2) is 12.4 Å². The lowest BCUT2D eigenvalue weighted by molar-refractivity contribution is -0.305. The molecule has 1 aliphatic rings. The zero-order valence-electron chi connectivity index (χ0n) is 41.5. The number of nitrogens with one attached hydrogen (secondary N) is 1. The van der Waals surface area contributed by atoms with Crippen molar-refractivity contribution in [1.82, 2.24) is 5.32 Å². The maximum atomic E-state index is 13.3. The van der Waals surface area contributed by atoms with Crippen molar-refractivity contribution < 1.29 is 49.3 Å². The fraction of sp³-hybridized carbons (Fsp3) is 0.745. The normalized spacial score (nSPS) is 20.8. The van der Waals surface area contributed by atoms with Crippen molar-refractivity contribution in [2.24, 2.45) is 0 Å². The molecule has 11 heteroatoms. The van der Waals surface area contributed by atoms with E-state index in [4.69, 9.17) is 14.2 Å². The average Bonchev–Trinajstić information content (AvgIpc) is 3.31. The second-order valence-electron chi connectivity index (χ2n) is 17.9. The number of ether oxygens (including phenoxy) is 3. The monoisotopic (exact) mass is 930 g/mol. The summed E-state index contributed by atoms with van der Waals surface area (Å²) in [5.74, 6) is -1.23. The van der Waals surface area contributed by atoms with E-state index in [2.05, 4.69) is 62.5 Å². The van der Waals surface area contributed by atoms with Gasteiger partial charge in [0.2, 0.25) is 5.91 Å². The van der Waals surface area contributed by atoms with Crippen LogP contribution in [0.25, 0.3) is 0 Å². The number of amides is 1. The Hall–Kier alpha value is -2.90. The Morgan fingerprint density at radius 3 is 1.79 bits per heavy atom. The van der Waals surface area contributed by atoms with Crippen molar-refractivity contribution in [1.29, 1.82) is 0 Å². The van der Waals surface area contributed by atoms with Gasteiger partial charge in [-0.05, 0) is 70.6 Å². The van der Waals surface area contributed by atoms with Crippen LogP contribution in [0.3, 0.4) is 0 Å². The van der Waals surface area contributed by atoms with Gasteiger partial charge in [-0.2, -0.15) is 0 Å². The molecule has 1 rings (SSSR count). The van der Waals surface area contributed by atoms with Crippen LogP contribution in [0.4, 0.5) is 0 Å². The van der Waals surface area contributed by atoms with Crippen LogP contribution < -0.4 is 5.32 Å². The molecule has 0 aromatic rings. The van der Waals surface area contributed by atoms with Crippen LogP contribution in [0.15, 0.2) is 72.9 Å². The molecule has 0 radical (unpaired) electrons. The van der Waals surface area contributed by atoms with E-state index in [0.29, 0.717) is 12.8 Å². The highest BCUT2D eigenvalue weighted by molar-refractivity contribution is 5.80. The molecular weight excluding hydrogens is 835 g/mol. The van der Waals surface area contributed by atoms with Crippen LogP contribution in [0, 0.1) is 0 Å². The first-order valence-corrected chi connectivity index (χ1v) is 26.2. The molecule has 8 unspecified atom stereocenters. The van der Waals surface area contributed by atoms with E-state index in [1.807, 2.05) is 30.4 Å². The van der Waals surface area contributed by atoms with Gasteiger partial charge in [-0.1, -0.05) is 196 Å². The van der Waals surface area contributed by atoms with E-state index in [1.165, 1.54) is 44.9 Å². The molecule has 0 saturated carbocycles. The number of carbonyl (C=O) groups is 2. The number of aliphatic hydroxyl groups is 5. The Morgan fingerprint density at radius 1 is 0.621 bits per heavy atom. The summed E-state index contributed by atoms with van der Waals surface area (Å²) in [5, 5.41) is 56.5. The third-order valence-corrected chi connectivity index (χ3v) is 11.9. The van der Waals surface area contributed by atoms with Gasteiger partial charge in [0, 0.05) is 6.42 Å². The minimum Gasteiger partial charge on any atom is -0.454 e. The number of allylic oxidation sites excluding steroid dienone is 11. The van der Waals surface area contributed by atoms with Crippen LogP contribution in [-0.4, -0.2) is 99.6 Å². The summed E-state index contributed by atoms with van der Waals surface area (Å²) >= 11 is 0. The molecule has 11 nitrogen and oxygen atoms in total. The Bertz CT molecular complexity index is 1340. The number of hydrogen-bond donors (Lipinski definition) is 6. The molecule has 0 spiro atoms. The highest BCUT2D eigenvalue weighted by Crippen LogP contribution is 2.26. The molecule has 1 saturated heterocycles. The number of unbranched alkanes of at least 4 members (excludes halogenated alkanes) is 20. The van der Waals surface area contributed by atoms with Gasteiger partial charge in [-0.3, -0.25) is 9.59 Å². The number of aliphatic hydroxyl groups excluding tert-OH is 5. The second kappa shape index (κ2) is 43.4. The molecule has 0 aliphatic carbocycles. The smallest absolute Gasteiger partial charge is 0.306 e. The van der Waals surface area contributed by atoms with Gasteiger partial charge in [0.25, 0.3) is 0 Å². The molecule has 1 aliphatic heterocycles. The summed E-state index contributed by atoms with van der Waals surface area (Å²) in [6.45, 7) is 5.48. The predicted molar refractivity (Wildman–Crippen MR) is 269 cm³/mol. The molecule has 66 heavy (non-hydrogen) atoms. The lowest BCUT2D eigenvalue weighted by Gasteiger charge is -2.41. The van der Waals surface area contributed by atoms with Gasteiger partial charge in [-0.25, -0.2) is 0 Å². The summed E-state index contributed by atoms with van der Waals surface area (Å²) in [4.78, 5) is 26.3. The van der Waals surface area contributed by atoms with Gasteiger partial charge in [0.1, 0.15) is 24.4 Å². The van der Waals surface area contributed by atoms with Crippen molar-refractivity contribution in [3.05, 3.63) is 72.9 Å². The number of esters is 1. The minimum absolute atomic E-state index is 0.109. The van der Waals surface area contributed by atoms with Gasteiger partial charge in [-0.15, -0.1) is 0 Å². The van der Waals surface area contributed by atoms with E-state index < -0.39 is 67.4 Å². The van der Waals surface area contributed by atoms with Crippen molar-refractivity contribution >= 4 is 11.9 Å². The molecule has 6 N–H and O–H groups in total. The van der Waals surface area contributed by atoms with Crippen LogP contribution >= 0.6 is 0 Å². The van der Waals surface area contributed by atoms with Crippen LogP contribution in [-0.2, 0) is 23.8 Å². The Kier molecular flexibility index (Phi) is 40.2. The molecule has 8 atom stereocenters. The van der Waals surface area contributed by atoms with Crippen molar-refractivity contribution in [3.63, 3.8) is 0 Å². The Labute approximate surface area is 400 Å². The highest BCUT2D eigenvalue weighted by atomic mass is 16.7. The summed E-state index contributed by atoms with van der Waals surface area (Å²) in [6, 6.07) is -1.04. The molecule has 380 valence electrons. The molecule has 1 fully saturated rings. The SMILES string of the molecule is CC/C=C/C=C/C=C\CCCCCCC(O)C(=O)NC(COC1OC(CO)C(O)C(O)C1OC(=O)CCCCCCCCC/C=C/C/C=C/CC)C(O)/C=C/CCCCCCCCCCC. The van der Waals surface area contributed by atoms with Crippen molar-refractivity contribution in [2.45, 2.75) is 250 Å². The summed E-state index contributed by atoms with van der Waals surface area (Å²) in [5.41, 5.74) is 0. The molecule has 0 aromatic heterocycles. The van der Waals surface area contributed by atoms with Gasteiger partial charge < -0.3 is 45.1 Å². The van der Waals surface area contributed by atoms with Crippen molar-refractivity contribution in [3.8, 4) is 0 Å².